The topological polar surface area (TPSA) is 52.9 Å². The van der Waals surface area contributed by atoms with Crippen LogP contribution in [-0.4, -0.2) is 18.3 Å². The van der Waals surface area contributed by atoms with Gasteiger partial charge in [-0.25, -0.2) is 0 Å². The zero-order valence-electron chi connectivity index (χ0n) is 10.2. The van der Waals surface area contributed by atoms with Crippen molar-refractivity contribution in [3.05, 3.63) is 35.9 Å². The van der Waals surface area contributed by atoms with E-state index in [4.69, 9.17) is 5.26 Å². The first-order chi connectivity index (χ1) is 9.57. The minimum atomic E-state index is -5.79. The van der Waals surface area contributed by atoms with Crippen LogP contribution < -0.4 is 5.32 Å². The fourth-order valence-electron chi connectivity index (χ4n) is 1.54. The number of hydrogen-bond donors (Lipinski definition) is 1. The van der Waals surface area contributed by atoms with Gasteiger partial charge in [-0.05, 0) is 5.56 Å². The Morgan fingerprint density at radius 2 is 1.52 bits per heavy atom. The van der Waals surface area contributed by atoms with Gasteiger partial charge in [0.15, 0.2) is 0 Å². The van der Waals surface area contributed by atoms with E-state index in [0.717, 1.165) is 0 Å². The highest BCUT2D eigenvalue weighted by Gasteiger charge is 2.61. The molecule has 0 heterocycles. The molecule has 1 aromatic carbocycles. The molecule has 0 bridgehead atoms. The molecule has 114 valence electrons. The van der Waals surface area contributed by atoms with Crippen LogP contribution >= 0.6 is 0 Å². The third-order valence-electron chi connectivity index (χ3n) is 2.47. The second-order valence-corrected chi connectivity index (χ2v) is 4.00. The van der Waals surface area contributed by atoms with Crippen molar-refractivity contribution < 1.29 is 31.1 Å². The molecule has 0 saturated heterocycles. The lowest BCUT2D eigenvalue weighted by atomic mass is 10.0. The summed E-state index contributed by atoms with van der Waals surface area (Å²) in [5.41, 5.74) is 0.0800. The summed E-state index contributed by atoms with van der Waals surface area (Å²) >= 11 is 0. The van der Waals surface area contributed by atoms with E-state index < -0.39 is 30.2 Å². The van der Waals surface area contributed by atoms with Gasteiger partial charge in [0.1, 0.15) is 6.04 Å². The average molecular weight is 310 g/mol. The predicted octanol–water partition coefficient (Wildman–Crippen LogP) is 3.11. The van der Waals surface area contributed by atoms with E-state index in [0.29, 0.717) is 0 Å². The van der Waals surface area contributed by atoms with E-state index in [2.05, 4.69) is 0 Å². The van der Waals surface area contributed by atoms with Crippen molar-refractivity contribution in [1.29, 1.82) is 5.26 Å². The van der Waals surface area contributed by atoms with Crippen molar-refractivity contribution in [2.75, 3.05) is 0 Å². The van der Waals surface area contributed by atoms with Crippen LogP contribution in [0.15, 0.2) is 30.3 Å². The molecular formula is C12H8F6N2O. The monoisotopic (exact) mass is 310 g/mol. The molecule has 1 N–H and O–H groups in total. The lowest BCUT2D eigenvalue weighted by Gasteiger charge is -2.23. The number of alkyl halides is 6. The second-order valence-electron chi connectivity index (χ2n) is 4.00. The number of carbonyl (C=O) groups excluding carboxylic acids is 1. The Labute approximate surface area is 115 Å². The van der Waals surface area contributed by atoms with E-state index in [1.165, 1.54) is 41.7 Å². The molecule has 1 unspecified atom stereocenters. The highest BCUT2D eigenvalue weighted by Crippen LogP contribution is 2.39. The highest BCUT2D eigenvalue weighted by atomic mass is 19.4. The Balaban J connectivity index is 2.99. The van der Waals surface area contributed by atoms with Crippen LogP contribution in [0.25, 0.3) is 0 Å². The molecule has 1 aromatic rings. The quantitative estimate of drug-likeness (QED) is 0.872. The Morgan fingerprint density at radius 3 is 1.90 bits per heavy atom. The molecule has 0 aliphatic rings. The molecule has 0 aromatic heterocycles. The molecule has 1 atom stereocenters. The molecule has 0 fully saturated rings. The molecular weight excluding hydrogens is 302 g/mol. The molecule has 1 rings (SSSR count). The number of nitrogens with zero attached hydrogens (tertiary/aromatic N) is 1. The van der Waals surface area contributed by atoms with Gasteiger partial charge in [-0.1, -0.05) is 30.3 Å². The van der Waals surface area contributed by atoms with Crippen LogP contribution in [0.5, 0.6) is 0 Å². The van der Waals surface area contributed by atoms with Crippen molar-refractivity contribution in [3.63, 3.8) is 0 Å². The van der Waals surface area contributed by atoms with Crippen LogP contribution in [0.3, 0.4) is 0 Å². The maximum atomic E-state index is 12.4. The van der Waals surface area contributed by atoms with Gasteiger partial charge >= 0.3 is 12.4 Å². The number of amides is 1. The minimum Gasteiger partial charge on any atom is -0.336 e. The Bertz CT molecular complexity index is 517. The Morgan fingerprint density at radius 1 is 1.05 bits per heavy atom. The lowest BCUT2D eigenvalue weighted by Crippen LogP contribution is -2.48. The summed E-state index contributed by atoms with van der Waals surface area (Å²) in [6.07, 6.45) is -11.6. The molecule has 0 aliphatic carbocycles. The summed E-state index contributed by atoms with van der Waals surface area (Å²) in [7, 11) is 0. The predicted molar refractivity (Wildman–Crippen MR) is 58.5 cm³/mol. The number of nitrogens with one attached hydrogen (secondary N) is 1. The van der Waals surface area contributed by atoms with Crippen LogP contribution in [0.4, 0.5) is 26.3 Å². The number of hydrogen-bond acceptors (Lipinski definition) is 2. The van der Waals surface area contributed by atoms with Crippen LogP contribution in [0, 0.1) is 17.2 Å². The summed E-state index contributed by atoms with van der Waals surface area (Å²) in [5.74, 6) is -6.49. The van der Waals surface area contributed by atoms with Gasteiger partial charge in [0, 0.05) is 0 Å². The molecule has 1 amide bonds. The van der Waals surface area contributed by atoms with Crippen molar-refractivity contribution in [2.45, 2.75) is 18.4 Å². The smallest absolute Gasteiger partial charge is 0.336 e. The lowest BCUT2D eigenvalue weighted by molar-refractivity contribution is -0.274. The maximum Gasteiger partial charge on any atom is 0.409 e. The third-order valence-corrected chi connectivity index (χ3v) is 2.47. The van der Waals surface area contributed by atoms with Gasteiger partial charge in [-0.3, -0.25) is 4.79 Å². The van der Waals surface area contributed by atoms with E-state index in [-0.39, 0.29) is 5.56 Å². The number of benzene rings is 1. The zero-order chi connectivity index (χ0) is 16.3. The fraction of sp³-hybridized carbons (Fsp3) is 0.333. The number of halogens is 6. The first-order valence-corrected chi connectivity index (χ1v) is 5.45. The van der Waals surface area contributed by atoms with Crippen molar-refractivity contribution >= 4 is 5.91 Å². The van der Waals surface area contributed by atoms with Crippen molar-refractivity contribution in [3.8, 4) is 6.07 Å². The molecule has 3 nitrogen and oxygen atoms in total. The fourth-order valence-corrected chi connectivity index (χ4v) is 1.54. The van der Waals surface area contributed by atoms with Crippen LogP contribution in [-0.2, 0) is 4.79 Å². The number of nitriles is 1. The van der Waals surface area contributed by atoms with Crippen LogP contribution in [0.1, 0.15) is 11.6 Å². The van der Waals surface area contributed by atoms with E-state index in [1.807, 2.05) is 0 Å². The number of carbonyl (C=O) groups is 1. The zero-order valence-corrected chi connectivity index (χ0v) is 10.2. The standard InChI is InChI=1S/C12H8F6N2O/c13-11(14,15)9(12(16,17)18)10(21)20-8(6-19)7-4-2-1-3-5-7/h1-5,8-9H,(H,20,21). The van der Waals surface area contributed by atoms with Crippen LogP contribution in [0.2, 0.25) is 0 Å². The summed E-state index contributed by atoms with van der Waals surface area (Å²) in [5, 5.41) is 10.2. The molecule has 0 spiro atoms. The van der Waals surface area contributed by atoms with Gasteiger partial charge in [-0.2, -0.15) is 31.6 Å². The molecule has 0 saturated carbocycles. The van der Waals surface area contributed by atoms with Gasteiger partial charge in [0.2, 0.25) is 11.8 Å². The van der Waals surface area contributed by atoms with Gasteiger partial charge < -0.3 is 5.32 Å². The van der Waals surface area contributed by atoms with Crippen molar-refractivity contribution in [1.82, 2.24) is 5.32 Å². The Hall–Kier alpha value is -2.24. The average Bonchev–Trinajstić information content (AvgIpc) is 2.33. The number of rotatable bonds is 3. The SMILES string of the molecule is N#CC(NC(=O)C(C(F)(F)F)C(F)(F)F)c1ccccc1. The first kappa shape index (κ1) is 16.8. The maximum absolute atomic E-state index is 12.4. The van der Waals surface area contributed by atoms with Gasteiger partial charge in [-0.15, -0.1) is 0 Å². The summed E-state index contributed by atoms with van der Waals surface area (Å²) < 4.78 is 74.2. The summed E-state index contributed by atoms with van der Waals surface area (Å²) in [4.78, 5) is 11.3. The highest BCUT2D eigenvalue weighted by molar-refractivity contribution is 5.81. The van der Waals surface area contributed by atoms with Gasteiger partial charge in [0.05, 0.1) is 6.07 Å². The normalized spacial score (nSPS) is 13.6. The van der Waals surface area contributed by atoms with E-state index in [1.54, 1.807) is 0 Å². The molecule has 0 aliphatic heterocycles. The Kier molecular flexibility index (Phi) is 4.83. The molecule has 21 heavy (non-hydrogen) atoms. The molecule has 9 heteroatoms. The molecule has 0 radical (unpaired) electrons. The van der Waals surface area contributed by atoms with Gasteiger partial charge in [0.25, 0.3) is 0 Å². The van der Waals surface area contributed by atoms with E-state index in [9.17, 15) is 31.1 Å². The second kappa shape index (κ2) is 6.03. The summed E-state index contributed by atoms with van der Waals surface area (Å²) in [6, 6.07) is 6.82. The minimum absolute atomic E-state index is 0.0800. The third kappa shape index (κ3) is 4.37. The summed E-state index contributed by atoms with van der Waals surface area (Å²) in [6.45, 7) is 0. The van der Waals surface area contributed by atoms with E-state index >= 15 is 0 Å². The largest absolute Gasteiger partial charge is 0.409 e. The van der Waals surface area contributed by atoms with Crippen molar-refractivity contribution in [2.24, 2.45) is 5.92 Å². The first-order valence-electron chi connectivity index (χ1n) is 5.45.